The van der Waals surface area contributed by atoms with Crippen molar-refractivity contribution in [2.24, 2.45) is 0 Å². The van der Waals surface area contributed by atoms with Crippen molar-refractivity contribution in [1.82, 2.24) is 15.5 Å². The van der Waals surface area contributed by atoms with Gasteiger partial charge < -0.3 is 10.6 Å². The van der Waals surface area contributed by atoms with Crippen molar-refractivity contribution in [1.29, 1.82) is 0 Å². The van der Waals surface area contributed by atoms with Crippen molar-refractivity contribution in [3.05, 3.63) is 70.7 Å². The highest BCUT2D eigenvalue weighted by Gasteiger charge is 2.49. The van der Waals surface area contributed by atoms with Gasteiger partial charge in [0.1, 0.15) is 12.1 Å². The molecule has 0 radical (unpaired) electrons. The lowest BCUT2D eigenvalue weighted by molar-refractivity contribution is -0.135. The van der Waals surface area contributed by atoms with Crippen LogP contribution in [-0.4, -0.2) is 29.3 Å². The van der Waals surface area contributed by atoms with Crippen LogP contribution in [0.2, 0.25) is 5.02 Å². The maximum absolute atomic E-state index is 12.8. The molecule has 1 aliphatic rings. The largest absolute Gasteiger partial charge is 0.348 e. The van der Waals surface area contributed by atoms with Crippen molar-refractivity contribution in [3.8, 4) is 0 Å². The molecule has 2 N–H and O–H groups in total. The second kappa shape index (κ2) is 7.40. The van der Waals surface area contributed by atoms with Gasteiger partial charge in [-0.3, -0.25) is 14.5 Å². The molecule has 27 heavy (non-hydrogen) atoms. The third kappa shape index (κ3) is 3.80. The van der Waals surface area contributed by atoms with Crippen molar-refractivity contribution >= 4 is 29.4 Å². The number of amides is 4. The highest BCUT2D eigenvalue weighted by Crippen LogP contribution is 2.28. The van der Waals surface area contributed by atoms with Gasteiger partial charge in [0.15, 0.2) is 0 Å². The third-order valence-electron chi connectivity index (χ3n) is 4.65. The lowest BCUT2D eigenvalue weighted by atomic mass is 9.92. The third-order valence-corrected chi connectivity index (χ3v) is 4.89. The first-order valence-electron chi connectivity index (χ1n) is 8.56. The molecular weight excluding hydrogens is 366 g/mol. The van der Waals surface area contributed by atoms with E-state index in [1.807, 2.05) is 19.1 Å². The molecule has 0 aliphatic carbocycles. The number of halogens is 1. The minimum atomic E-state index is -1.18. The fraction of sp³-hybridized carbons (Fsp3) is 0.250. The standard InChI is InChI=1S/C20H20ClN3O3/c1-13(14-7-6-10-16(21)11-14)22-17(25)12-24-18(26)20(2,23-19(24)27)15-8-4-3-5-9-15/h3-11,13H,12H2,1-2H3,(H,22,25)(H,23,27). The fourth-order valence-corrected chi connectivity index (χ4v) is 3.30. The lowest BCUT2D eigenvalue weighted by Crippen LogP contribution is -2.43. The number of nitrogens with one attached hydrogen (secondary N) is 2. The van der Waals surface area contributed by atoms with Gasteiger partial charge in [-0.25, -0.2) is 4.79 Å². The lowest BCUT2D eigenvalue weighted by Gasteiger charge is -2.22. The summed E-state index contributed by atoms with van der Waals surface area (Å²) in [6.45, 7) is 3.09. The molecule has 4 amide bonds. The summed E-state index contributed by atoms with van der Waals surface area (Å²) in [6, 6.07) is 15.2. The number of hydrogen-bond donors (Lipinski definition) is 2. The second-order valence-electron chi connectivity index (χ2n) is 6.66. The quantitative estimate of drug-likeness (QED) is 0.776. The summed E-state index contributed by atoms with van der Waals surface area (Å²) in [6.07, 6.45) is 0. The van der Waals surface area contributed by atoms with Crippen LogP contribution < -0.4 is 10.6 Å². The van der Waals surface area contributed by atoms with Crippen LogP contribution in [0.15, 0.2) is 54.6 Å². The topological polar surface area (TPSA) is 78.5 Å². The molecule has 3 rings (SSSR count). The first kappa shape index (κ1) is 18.9. The van der Waals surface area contributed by atoms with E-state index in [-0.39, 0.29) is 12.6 Å². The second-order valence-corrected chi connectivity index (χ2v) is 7.09. The molecule has 7 heteroatoms. The molecule has 2 aromatic carbocycles. The fourth-order valence-electron chi connectivity index (χ4n) is 3.10. The van der Waals surface area contributed by atoms with Crippen LogP contribution in [0.25, 0.3) is 0 Å². The number of rotatable bonds is 5. The van der Waals surface area contributed by atoms with Gasteiger partial charge in [0.2, 0.25) is 5.91 Å². The number of nitrogens with zero attached hydrogens (tertiary/aromatic N) is 1. The van der Waals surface area contributed by atoms with Crippen LogP contribution in [0.4, 0.5) is 4.79 Å². The Balaban J connectivity index is 1.69. The van der Waals surface area contributed by atoms with Crippen LogP contribution in [0.1, 0.15) is 31.0 Å². The monoisotopic (exact) mass is 385 g/mol. The maximum atomic E-state index is 12.8. The molecule has 1 heterocycles. The van der Waals surface area contributed by atoms with Crippen molar-refractivity contribution in [3.63, 3.8) is 0 Å². The van der Waals surface area contributed by atoms with Crippen molar-refractivity contribution < 1.29 is 14.4 Å². The Labute approximate surface area is 162 Å². The summed E-state index contributed by atoms with van der Waals surface area (Å²) < 4.78 is 0. The van der Waals surface area contributed by atoms with Crippen LogP contribution in [0.3, 0.4) is 0 Å². The van der Waals surface area contributed by atoms with Crippen LogP contribution in [-0.2, 0) is 15.1 Å². The van der Waals surface area contributed by atoms with E-state index >= 15 is 0 Å². The average Bonchev–Trinajstić information content (AvgIpc) is 2.86. The van der Waals surface area contributed by atoms with Crippen LogP contribution in [0, 0.1) is 0 Å². The van der Waals surface area contributed by atoms with Gasteiger partial charge in [0.05, 0.1) is 6.04 Å². The summed E-state index contributed by atoms with van der Waals surface area (Å²) in [7, 11) is 0. The minimum absolute atomic E-state index is 0.308. The van der Waals surface area contributed by atoms with Gasteiger partial charge in [-0.15, -0.1) is 0 Å². The predicted octanol–water partition coefficient (Wildman–Crippen LogP) is 2.98. The number of imide groups is 1. The Hall–Kier alpha value is -2.86. The molecule has 140 valence electrons. The molecule has 2 aromatic rings. The number of carbonyl (C=O) groups is 3. The van der Waals surface area contributed by atoms with E-state index in [4.69, 9.17) is 11.6 Å². The van der Waals surface area contributed by atoms with Crippen molar-refractivity contribution in [2.45, 2.75) is 25.4 Å². The van der Waals surface area contributed by atoms with Gasteiger partial charge in [0, 0.05) is 5.02 Å². The molecule has 1 aliphatic heterocycles. The molecule has 6 nitrogen and oxygen atoms in total. The van der Waals surface area contributed by atoms with Gasteiger partial charge in [-0.1, -0.05) is 54.1 Å². The zero-order chi connectivity index (χ0) is 19.6. The summed E-state index contributed by atoms with van der Waals surface area (Å²) in [4.78, 5) is 38.5. The van der Waals surface area contributed by atoms with E-state index in [0.29, 0.717) is 10.6 Å². The number of urea groups is 1. The molecular formula is C20H20ClN3O3. The van der Waals surface area contributed by atoms with E-state index < -0.39 is 23.4 Å². The van der Waals surface area contributed by atoms with Gasteiger partial charge in [0.25, 0.3) is 5.91 Å². The zero-order valence-electron chi connectivity index (χ0n) is 15.0. The number of carbonyl (C=O) groups excluding carboxylic acids is 3. The molecule has 2 unspecified atom stereocenters. The molecule has 1 saturated heterocycles. The van der Waals surface area contributed by atoms with Crippen LogP contribution in [0.5, 0.6) is 0 Å². The molecule has 0 spiro atoms. The Morgan fingerprint density at radius 1 is 1.19 bits per heavy atom. The Bertz CT molecular complexity index is 887. The van der Waals surface area contributed by atoms with Crippen LogP contribution >= 0.6 is 11.6 Å². The van der Waals surface area contributed by atoms with E-state index in [9.17, 15) is 14.4 Å². The van der Waals surface area contributed by atoms with Gasteiger partial charge in [-0.2, -0.15) is 0 Å². The number of benzene rings is 2. The molecule has 0 bridgehead atoms. The number of hydrogen-bond acceptors (Lipinski definition) is 3. The Morgan fingerprint density at radius 3 is 2.56 bits per heavy atom. The molecule has 2 atom stereocenters. The average molecular weight is 386 g/mol. The Morgan fingerprint density at radius 2 is 1.89 bits per heavy atom. The molecule has 1 fully saturated rings. The highest BCUT2D eigenvalue weighted by atomic mass is 35.5. The van der Waals surface area contributed by atoms with E-state index in [2.05, 4.69) is 10.6 Å². The smallest absolute Gasteiger partial charge is 0.325 e. The first-order chi connectivity index (χ1) is 12.8. The van der Waals surface area contributed by atoms with Crippen molar-refractivity contribution in [2.75, 3.05) is 6.54 Å². The normalized spacial score (nSPS) is 20.3. The maximum Gasteiger partial charge on any atom is 0.325 e. The first-order valence-corrected chi connectivity index (χ1v) is 8.93. The predicted molar refractivity (Wildman–Crippen MR) is 102 cm³/mol. The summed E-state index contributed by atoms with van der Waals surface area (Å²) >= 11 is 5.97. The zero-order valence-corrected chi connectivity index (χ0v) is 15.8. The molecule has 0 aromatic heterocycles. The Kier molecular flexibility index (Phi) is 5.19. The summed E-state index contributed by atoms with van der Waals surface area (Å²) in [5.74, 6) is -0.882. The summed E-state index contributed by atoms with van der Waals surface area (Å²) in [5, 5.41) is 6.04. The summed E-state index contributed by atoms with van der Waals surface area (Å²) in [5.41, 5.74) is 0.317. The van der Waals surface area contributed by atoms with E-state index in [1.54, 1.807) is 49.4 Å². The van der Waals surface area contributed by atoms with Gasteiger partial charge >= 0.3 is 6.03 Å². The van der Waals surface area contributed by atoms with E-state index in [1.165, 1.54) is 0 Å². The minimum Gasteiger partial charge on any atom is -0.348 e. The van der Waals surface area contributed by atoms with Gasteiger partial charge in [-0.05, 0) is 37.1 Å². The molecule has 0 saturated carbocycles. The van der Waals surface area contributed by atoms with E-state index in [0.717, 1.165) is 10.5 Å². The SMILES string of the molecule is CC(NC(=O)CN1C(=O)NC(C)(c2ccccc2)C1=O)c1cccc(Cl)c1. The highest BCUT2D eigenvalue weighted by molar-refractivity contribution is 6.30.